The van der Waals surface area contributed by atoms with Gasteiger partial charge in [-0.15, -0.1) is 0 Å². The third kappa shape index (κ3) is 2.08. The molecule has 0 bridgehead atoms. The van der Waals surface area contributed by atoms with Crippen molar-refractivity contribution in [1.82, 2.24) is 9.78 Å². The first-order chi connectivity index (χ1) is 8.52. The van der Waals surface area contributed by atoms with E-state index in [2.05, 4.69) is 5.10 Å². The third-order valence-electron chi connectivity index (χ3n) is 3.06. The minimum Gasteiger partial charge on any atom is -0.294 e. The smallest absolute Gasteiger partial charge is 0.169 e. The number of rotatable bonds is 3. The molecule has 0 amide bonds. The molecule has 2 aromatic rings. The molecule has 0 saturated carbocycles. The number of benzene rings is 1. The molecule has 3 heteroatoms. The number of nitrogens with zero attached hydrogens (tertiary/aromatic N) is 2. The summed E-state index contributed by atoms with van der Waals surface area (Å²) in [5.74, 6) is 0.156. The number of aryl methyl sites for hydroxylation is 1. The van der Waals surface area contributed by atoms with E-state index in [0.29, 0.717) is 0 Å². The molecule has 0 aliphatic rings. The van der Waals surface area contributed by atoms with E-state index < -0.39 is 0 Å². The molecule has 0 N–H and O–H groups in total. The van der Waals surface area contributed by atoms with Crippen LogP contribution in [0.5, 0.6) is 0 Å². The van der Waals surface area contributed by atoms with Crippen molar-refractivity contribution >= 4 is 5.78 Å². The standard InChI is InChI=1S/C15H18N2O/c1-10(2)15(18)14-11(3)16-17(12(14)4)13-8-6-5-7-9-13/h5-10H,1-4H3. The Kier molecular flexibility index (Phi) is 3.32. The van der Waals surface area contributed by atoms with Gasteiger partial charge in [0.2, 0.25) is 0 Å². The lowest BCUT2D eigenvalue weighted by molar-refractivity contribution is 0.0938. The molecule has 0 unspecified atom stereocenters. The van der Waals surface area contributed by atoms with E-state index in [1.165, 1.54) is 0 Å². The minimum atomic E-state index is -0.00387. The fourth-order valence-electron chi connectivity index (χ4n) is 2.11. The normalized spacial score (nSPS) is 10.9. The highest BCUT2D eigenvalue weighted by Crippen LogP contribution is 2.20. The second-order valence-corrected chi connectivity index (χ2v) is 4.81. The molecule has 0 aliphatic heterocycles. The molecule has 1 aromatic carbocycles. The molecule has 0 saturated heterocycles. The van der Waals surface area contributed by atoms with Crippen LogP contribution in [0.25, 0.3) is 5.69 Å². The molecule has 1 heterocycles. The van der Waals surface area contributed by atoms with Gasteiger partial charge in [0.1, 0.15) is 0 Å². The van der Waals surface area contributed by atoms with E-state index in [4.69, 9.17) is 0 Å². The van der Waals surface area contributed by atoms with Crippen LogP contribution in [-0.4, -0.2) is 15.6 Å². The largest absolute Gasteiger partial charge is 0.294 e. The van der Waals surface area contributed by atoms with Gasteiger partial charge < -0.3 is 0 Å². The Morgan fingerprint density at radius 3 is 2.33 bits per heavy atom. The Morgan fingerprint density at radius 1 is 1.17 bits per heavy atom. The summed E-state index contributed by atoms with van der Waals surface area (Å²) < 4.78 is 1.84. The number of hydrogen-bond donors (Lipinski definition) is 0. The lowest BCUT2D eigenvalue weighted by atomic mass is 9.99. The fourth-order valence-corrected chi connectivity index (χ4v) is 2.11. The number of Topliss-reactive ketones (excluding diaryl/α,β-unsaturated/α-hetero) is 1. The quantitative estimate of drug-likeness (QED) is 0.774. The molecule has 0 fully saturated rings. The summed E-state index contributed by atoms with van der Waals surface area (Å²) in [5, 5.41) is 4.48. The van der Waals surface area contributed by atoms with Crippen LogP contribution in [0.2, 0.25) is 0 Å². The first kappa shape index (κ1) is 12.6. The van der Waals surface area contributed by atoms with E-state index in [0.717, 1.165) is 22.6 Å². The number of carbonyl (C=O) groups excluding carboxylic acids is 1. The molecular weight excluding hydrogens is 224 g/mol. The van der Waals surface area contributed by atoms with Crippen molar-refractivity contribution in [2.75, 3.05) is 0 Å². The molecule has 1 aromatic heterocycles. The van der Waals surface area contributed by atoms with Crippen molar-refractivity contribution in [3.8, 4) is 5.69 Å². The summed E-state index contributed by atoms with van der Waals surface area (Å²) in [6.45, 7) is 7.67. The molecular formula is C15H18N2O. The van der Waals surface area contributed by atoms with Gasteiger partial charge in [0.05, 0.1) is 22.6 Å². The SMILES string of the molecule is Cc1nn(-c2ccccc2)c(C)c1C(=O)C(C)C. The van der Waals surface area contributed by atoms with Gasteiger partial charge in [0.25, 0.3) is 0 Å². The van der Waals surface area contributed by atoms with Crippen LogP contribution in [0.1, 0.15) is 35.6 Å². The Bertz CT molecular complexity index is 568. The highest BCUT2D eigenvalue weighted by molar-refractivity contribution is 5.99. The maximum absolute atomic E-state index is 12.2. The zero-order valence-corrected chi connectivity index (χ0v) is 11.3. The molecule has 18 heavy (non-hydrogen) atoms. The summed E-state index contributed by atoms with van der Waals surface area (Å²) >= 11 is 0. The molecule has 3 nitrogen and oxygen atoms in total. The number of hydrogen-bond acceptors (Lipinski definition) is 2. The Hall–Kier alpha value is -1.90. The van der Waals surface area contributed by atoms with E-state index in [-0.39, 0.29) is 11.7 Å². The van der Waals surface area contributed by atoms with Gasteiger partial charge in [0, 0.05) is 5.92 Å². The summed E-state index contributed by atoms with van der Waals surface area (Å²) in [5.41, 5.74) is 3.46. The second-order valence-electron chi connectivity index (χ2n) is 4.81. The first-order valence-corrected chi connectivity index (χ1v) is 6.18. The van der Waals surface area contributed by atoms with Gasteiger partial charge in [-0.1, -0.05) is 32.0 Å². The van der Waals surface area contributed by atoms with Crippen molar-refractivity contribution in [2.24, 2.45) is 5.92 Å². The maximum Gasteiger partial charge on any atom is 0.169 e. The van der Waals surface area contributed by atoms with Crippen molar-refractivity contribution in [3.63, 3.8) is 0 Å². The molecule has 0 spiro atoms. The predicted octanol–water partition coefficient (Wildman–Crippen LogP) is 3.33. The minimum absolute atomic E-state index is 0.00387. The van der Waals surface area contributed by atoms with Crippen LogP contribution in [-0.2, 0) is 0 Å². The lowest BCUT2D eigenvalue weighted by Gasteiger charge is -2.06. The average molecular weight is 242 g/mol. The Morgan fingerprint density at radius 2 is 1.78 bits per heavy atom. The fraction of sp³-hybridized carbons (Fsp3) is 0.333. The number of para-hydroxylation sites is 1. The third-order valence-corrected chi connectivity index (χ3v) is 3.06. The highest BCUT2D eigenvalue weighted by atomic mass is 16.1. The van der Waals surface area contributed by atoms with Crippen LogP contribution in [0.4, 0.5) is 0 Å². The van der Waals surface area contributed by atoms with Crippen molar-refractivity contribution < 1.29 is 4.79 Å². The summed E-state index contributed by atoms with van der Waals surface area (Å²) in [4.78, 5) is 12.2. The average Bonchev–Trinajstić information content (AvgIpc) is 2.65. The molecule has 0 aliphatic carbocycles. The monoisotopic (exact) mass is 242 g/mol. The van der Waals surface area contributed by atoms with Gasteiger partial charge in [0.15, 0.2) is 5.78 Å². The van der Waals surface area contributed by atoms with Crippen molar-refractivity contribution in [2.45, 2.75) is 27.7 Å². The molecule has 2 rings (SSSR count). The van der Waals surface area contributed by atoms with E-state index in [9.17, 15) is 4.79 Å². The van der Waals surface area contributed by atoms with Gasteiger partial charge in [-0.2, -0.15) is 5.10 Å². The topological polar surface area (TPSA) is 34.9 Å². The van der Waals surface area contributed by atoms with Crippen molar-refractivity contribution in [1.29, 1.82) is 0 Å². The second kappa shape index (κ2) is 4.77. The zero-order chi connectivity index (χ0) is 13.3. The Labute approximate surface area is 107 Å². The van der Waals surface area contributed by atoms with Gasteiger partial charge in [-0.3, -0.25) is 4.79 Å². The lowest BCUT2D eigenvalue weighted by Crippen LogP contribution is -2.10. The summed E-state index contributed by atoms with van der Waals surface area (Å²) in [6.07, 6.45) is 0. The predicted molar refractivity (Wildman–Crippen MR) is 72.2 cm³/mol. The van der Waals surface area contributed by atoms with Gasteiger partial charge in [-0.05, 0) is 26.0 Å². The molecule has 0 radical (unpaired) electrons. The number of carbonyl (C=O) groups is 1. The number of ketones is 1. The van der Waals surface area contributed by atoms with E-state index in [1.807, 2.05) is 62.7 Å². The van der Waals surface area contributed by atoms with E-state index in [1.54, 1.807) is 0 Å². The van der Waals surface area contributed by atoms with Crippen LogP contribution < -0.4 is 0 Å². The maximum atomic E-state index is 12.2. The Balaban J connectivity index is 2.54. The first-order valence-electron chi connectivity index (χ1n) is 6.18. The summed E-state index contributed by atoms with van der Waals surface area (Å²) in [6, 6.07) is 9.88. The van der Waals surface area contributed by atoms with E-state index >= 15 is 0 Å². The van der Waals surface area contributed by atoms with Crippen LogP contribution >= 0.6 is 0 Å². The van der Waals surface area contributed by atoms with Gasteiger partial charge in [-0.25, -0.2) is 4.68 Å². The van der Waals surface area contributed by atoms with Crippen LogP contribution in [0, 0.1) is 19.8 Å². The number of aromatic nitrogens is 2. The van der Waals surface area contributed by atoms with Crippen LogP contribution in [0.15, 0.2) is 30.3 Å². The van der Waals surface area contributed by atoms with Crippen molar-refractivity contribution in [3.05, 3.63) is 47.3 Å². The van der Waals surface area contributed by atoms with Gasteiger partial charge >= 0.3 is 0 Å². The summed E-state index contributed by atoms with van der Waals surface area (Å²) in [7, 11) is 0. The zero-order valence-electron chi connectivity index (χ0n) is 11.3. The van der Waals surface area contributed by atoms with Crippen LogP contribution in [0.3, 0.4) is 0 Å². The molecule has 0 atom stereocenters. The highest BCUT2D eigenvalue weighted by Gasteiger charge is 2.21. The molecule has 94 valence electrons.